The average molecular weight is 389 g/mol. The van der Waals surface area contributed by atoms with E-state index < -0.39 is 11.7 Å². The minimum Gasteiger partial charge on any atom is -0.354 e. The van der Waals surface area contributed by atoms with Crippen molar-refractivity contribution in [1.82, 2.24) is 24.6 Å². The first-order valence-corrected chi connectivity index (χ1v) is 9.13. The van der Waals surface area contributed by atoms with Crippen LogP contribution in [0.2, 0.25) is 0 Å². The summed E-state index contributed by atoms with van der Waals surface area (Å²) in [6, 6.07) is 2.30. The van der Waals surface area contributed by atoms with Gasteiger partial charge in [-0.25, -0.2) is 9.97 Å². The number of alkyl halides is 3. The molecule has 2 aliphatic heterocycles. The van der Waals surface area contributed by atoms with E-state index in [1.807, 2.05) is 22.4 Å². The van der Waals surface area contributed by atoms with Crippen molar-refractivity contribution in [2.24, 2.45) is 5.92 Å². The molecule has 3 aromatic heterocycles. The van der Waals surface area contributed by atoms with Gasteiger partial charge >= 0.3 is 6.18 Å². The molecule has 3 aromatic rings. The number of rotatable bonds is 2. The Balaban J connectivity index is 1.43. The van der Waals surface area contributed by atoms with Crippen LogP contribution in [0, 0.1) is 12.8 Å². The molecule has 5 rings (SSSR count). The van der Waals surface area contributed by atoms with E-state index in [1.54, 1.807) is 6.20 Å². The molecule has 10 heteroatoms. The van der Waals surface area contributed by atoms with E-state index >= 15 is 0 Å². The van der Waals surface area contributed by atoms with Gasteiger partial charge in [0.25, 0.3) is 0 Å². The van der Waals surface area contributed by atoms with Crippen molar-refractivity contribution >= 4 is 17.3 Å². The zero-order valence-corrected chi connectivity index (χ0v) is 15.1. The highest BCUT2D eigenvalue weighted by Crippen LogP contribution is 2.38. The fourth-order valence-corrected chi connectivity index (χ4v) is 4.31. The molecule has 2 unspecified atom stereocenters. The largest absolute Gasteiger partial charge is 0.416 e. The lowest BCUT2D eigenvalue weighted by atomic mass is 10.1. The predicted octanol–water partition coefficient (Wildman–Crippen LogP) is 2.56. The molecule has 28 heavy (non-hydrogen) atoms. The van der Waals surface area contributed by atoms with E-state index in [2.05, 4.69) is 25.1 Å². The number of aromatic nitrogens is 5. The minimum atomic E-state index is -4.37. The Morgan fingerprint density at radius 2 is 1.96 bits per heavy atom. The third-order valence-electron chi connectivity index (χ3n) is 5.70. The number of aryl methyl sites for hydroxylation is 1. The van der Waals surface area contributed by atoms with Crippen molar-refractivity contribution in [3.8, 4) is 0 Å². The van der Waals surface area contributed by atoms with Gasteiger partial charge in [-0.15, -0.1) is 10.2 Å². The summed E-state index contributed by atoms with van der Waals surface area (Å²) in [5.74, 6) is 2.28. The lowest BCUT2D eigenvalue weighted by Crippen LogP contribution is -2.36. The van der Waals surface area contributed by atoms with Gasteiger partial charge < -0.3 is 9.80 Å². The molecule has 0 amide bonds. The maximum Gasteiger partial charge on any atom is 0.416 e. The van der Waals surface area contributed by atoms with E-state index in [9.17, 15) is 13.2 Å². The van der Waals surface area contributed by atoms with Crippen LogP contribution in [0.3, 0.4) is 0 Å². The van der Waals surface area contributed by atoms with Gasteiger partial charge in [0.2, 0.25) is 5.65 Å². The molecular weight excluding hydrogens is 371 g/mol. The summed E-state index contributed by atoms with van der Waals surface area (Å²) < 4.78 is 41.0. The highest BCUT2D eigenvalue weighted by atomic mass is 19.4. The van der Waals surface area contributed by atoms with Crippen LogP contribution >= 0.6 is 0 Å². The average Bonchev–Trinajstić information content (AvgIpc) is 3.36. The Kier molecular flexibility index (Phi) is 3.72. The molecule has 0 spiro atoms. The van der Waals surface area contributed by atoms with Crippen LogP contribution in [0.4, 0.5) is 24.8 Å². The van der Waals surface area contributed by atoms with E-state index in [0.717, 1.165) is 36.7 Å². The van der Waals surface area contributed by atoms with Crippen molar-refractivity contribution in [3.05, 3.63) is 42.1 Å². The second-order valence-corrected chi connectivity index (χ2v) is 7.31. The Morgan fingerprint density at radius 1 is 1.11 bits per heavy atom. The zero-order valence-electron chi connectivity index (χ0n) is 15.1. The molecule has 0 aliphatic carbocycles. The number of hydrogen-bond acceptors (Lipinski definition) is 6. The third-order valence-corrected chi connectivity index (χ3v) is 5.70. The van der Waals surface area contributed by atoms with Gasteiger partial charge in [0.1, 0.15) is 11.6 Å². The first kappa shape index (κ1) is 17.2. The lowest BCUT2D eigenvalue weighted by Gasteiger charge is -2.26. The molecule has 2 atom stereocenters. The molecule has 0 N–H and O–H groups in total. The molecular formula is C18H18F3N7. The number of nitrogens with zero attached hydrogens (tertiary/aromatic N) is 7. The number of anilines is 2. The number of hydrogen-bond donors (Lipinski definition) is 0. The van der Waals surface area contributed by atoms with Crippen LogP contribution < -0.4 is 9.80 Å². The zero-order chi connectivity index (χ0) is 19.5. The molecule has 0 radical (unpaired) electrons. The predicted molar refractivity (Wildman–Crippen MR) is 96.2 cm³/mol. The van der Waals surface area contributed by atoms with E-state index in [0.29, 0.717) is 30.5 Å². The molecule has 0 saturated carbocycles. The van der Waals surface area contributed by atoms with Gasteiger partial charge in [-0.2, -0.15) is 13.2 Å². The van der Waals surface area contributed by atoms with Crippen LogP contribution in [-0.4, -0.2) is 50.2 Å². The maximum atomic E-state index is 13.0. The molecule has 0 aromatic carbocycles. The first-order valence-electron chi connectivity index (χ1n) is 9.13. The Bertz CT molecular complexity index is 1030. The van der Waals surface area contributed by atoms with Gasteiger partial charge in [-0.3, -0.25) is 4.40 Å². The molecule has 5 heterocycles. The summed E-state index contributed by atoms with van der Waals surface area (Å²) in [5, 5.41) is 8.38. The fraction of sp³-hybridized carbons (Fsp3) is 0.444. The molecule has 2 aliphatic rings. The minimum absolute atomic E-state index is 0.159. The van der Waals surface area contributed by atoms with Gasteiger partial charge in [-0.05, 0) is 25.5 Å². The second kappa shape index (κ2) is 6.05. The van der Waals surface area contributed by atoms with Crippen LogP contribution in [0.15, 0.2) is 30.7 Å². The van der Waals surface area contributed by atoms with Gasteiger partial charge in [0, 0.05) is 44.1 Å². The SMILES string of the molecule is Cc1nnc2c(N3CCC4CN(c5cc(C(F)(F)F)ccn5)CC43)nccn12. The summed E-state index contributed by atoms with van der Waals surface area (Å²) in [5.41, 5.74) is 0.0353. The second-order valence-electron chi connectivity index (χ2n) is 7.31. The van der Waals surface area contributed by atoms with Crippen LogP contribution in [0.1, 0.15) is 17.8 Å². The normalized spacial score (nSPS) is 22.3. The molecule has 2 saturated heterocycles. The summed E-state index contributed by atoms with van der Waals surface area (Å²) in [6.45, 7) is 4.02. The standard InChI is InChI=1S/C18H18F3N7/c1-11-24-25-17-16(23-5-7-27(11)17)28-6-3-12-9-26(10-14(12)28)15-8-13(2-4-22-15)18(19,20)21/h2,4-5,7-8,12,14H,3,6,9-10H2,1H3. The van der Waals surface area contributed by atoms with Gasteiger partial charge in [-0.1, -0.05) is 0 Å². The smallest absolute Gasteiger partial charge is 0.354 e. The van der Waals surface area contributed by atoms with Crippen molar-refractivity contribution in [2.45, 2.75) is 25.6 Å². The third kappa shape index (κ3) is 2.66. The van der Waals surface area contributed by atoms with E-state index in [4.69, 9.17) is 0 Å². The highest BCUT2D eigenvalue weighted by Gasteiger charge is 2.43. The first-order chi connectivity index (χ1) is 13.4. The van der Waals surface area contributed by atoms with Gasteiger partial charge in [0.05, 0.1) is 11.6 Å². The van der Waals surface area contributed by atoms with Crippen molar-refractivity contribution in [1.29, 1.82) is 0 Å². The van der Waals surface area contributed by atoms with Crippen molar-refractivity contribution in [3.63, 3.8) is 0 Å². The molecule has 0 bridgehead atoms. The summed E-state index contributed by atoms with van der Waals surface area (Å²) in [4.78, 5) is 12.9. The Hall–Kier alpha value is -2.91. The van der Waals surface area contributed by atoms with E-state index in [1.165, 1.54) is 6.20 Å². The van der Waals surface area contributed by atoms with Crippen LogP contribution in [0.25, 0.3) is 5.65 Å². The lowest BCUT2D eigenvalue weighted by molar-refractivity contribution is -0.137. The number of pyridine rings is 1. The summed E-state index contributed by atoms with van der Waals surface area (Å²) in [6.07, 6.45) is 1.37. The quantitative estimate of drug-likeness (QED) is 0.671. The summed E-state index contributed by atoms with van der Waals surface area (Å²) >= 11 is 0. The molecule has 146 valence electrons. The van der Waals surface area contributed by atoms with E-state index in [-0.39, 0.29) is 6.04 Å². The topological polar surface area (TPSA) is 62.5 Å². The number of fused-ring (bicyclic) bond motifs is 2. The Labute approximate surface area is 158 Å². The molecule has 7 nitrogen and oxygen atoms in total. The summed E-state index contributed by atoms with van der Waals surface area (Å²) in [7, 11) is 0. The highest BCUT2D eigenvalue weighted by molar-refractivity contribution is 5.65. The monoisotopic (exact) mass is 389 g/mol. The van der Waals surface area contributed by atoms with Crippen LogP contribution in [-0.2, 0) is 6.18 Å². The number of halogens is 3. The fourth-order valence-electron chi connectivity index (χ4n) is 4.31. The van der Waals surface area contributed by atoms with Crippen molar-refractivity contribution in [2.75, 3.05) is 29.4 Å². The van der Waals surface area contributed by atoms with Crippen LogP contribution in [0.5, 0.6) is 0 Å². The molecule has 2 fully saturated rings. The van der Waals surface area contributed by atoms with Gasteiger partial charge in [0.15, 0.2) is 5.82 Å². The Morgan fingerprint density at radius 3 is 2.79 bits per heavy atom. The van der Waals surface area contributed by atoms with Crippen molar-refractivity contribution < 1.29 is 13.2 Å². The maximum absolute atomic E-state index is 13.0.